The smallest absolute Gasteiger partial charge is 0.393 e. The SMILES string of the molecule is COc1ccc(CNS(=O)(=O)c2cc(C)c(O[C@@]3(c4ccncn4)CCCC[C@@H]3c3cn(C4CCCCO4)nc3[N+](=O)[O-])cc2F)c(OC)c1. The zero-order valence-electron chi connectivity index (χ0n) is 28.0. The lowest BCUT2D eigenvalue weighted by atomic mass is 9.70. The number of rotatable bonds is 12. The van der Waals surface area contributed by atoms with Gasteiger partial charge in [0, 0.05) is 43.0 Å². The van der Waals surface area contributed by atoms with E-state index in [9.17, 15) is 18.5 Å². The van der Waals surface area contributed by atoms with Crippen molar-refractivity contribution in [1.29, 1.82) is 0 Å². The quantitative estimate of drug-likeness (QED) is 0.138. The maximum atomic E-state index is 15.9. The fourth-order valence-corrected chi connectivity index (χ4v) is 7.98. The standard InChI is InChI=1S/C34H39FN6O8S/c1-22-16-30(50(44,45)38-19-23-10-11-24(46-2)17-29(23)47-3)27(35)18-28(22)49-34(31-12-14-36-21-37-31)13-6-4-8-26(34)25-20-40(39-33(25)41(42)43)32-9-5-7-15-48-32/h10-12,14,16-18,20-21,26,32,38H,4-9,13,15,19H2,1-3H3/t26-,32?,34+/m1/s1. The van der Waals surface area contributed by atoms with Gasteiger partial charge in [-0.25, -0.2) is 27.5 Å². The summed E-state index contributed by atoms with van der Waals surface area (Å²) in [4.78, 5) is 19.9. The van der Waals surface area contributed by atoms with E-state index < -0.39 is 43.4 Å². The van der Waals surface area contributed by atoms with E-state index in [-0.39, 0.29) is 18.1 Å². The number of nitrogens with zero attached hydrogens (tertiary/aromatic N) is 5. The van der Waals surface area contributed by atoms with Crippen molar-refractivity contribution >= 4 is 15.8 Å². The van der Waals surface area contributed by atoms with Crippen LogP contribution in [0.4, 0.5) is 10.2 Å². The predicted octanol–water partition coefficient (Wildman–Crippen LogP) is 5.86. The van der Waals surface area contributed by atoms with Crippen molar-refractivity contribution < 1.29 is 36.7 Å². The Kier molecular flexibility index (Phi) is 10.3. The van der Waals surface area contributed by atoms with E-state index in [4.69, 9.17) is 18.9 Å². The van der Waals surface area contributed by atoms with Gasteiger partial charge in [-0.05, 0) is 74.1 Å². The van der Waals surface area contributed by atoms with Crippen LogP contribution in [0.3, 0.4) is 0 Å². The Morgan fingerprint density at radius 1 is 1.10 bits per heavy atom. The fourth-order valence-electron chi connectivity index (χ4n) is 6.83. The van der Waals surface area contributed by atoms with Crippen LogP contribution >= 0.6 is 0 Å². The maximum Gasteiger partial charge on any atom is 0.393 e. The zero-order chi connectivity index (χ0) is 35.5. The van der Waals surface area contributed by atoms with Gasteiger partial charge in [0.1, 0.15) is 34.3 Å². The predicted molar refractivity (Wildman–Crippen MR) is 178 cm³/mol. The van der Waals surface area contributed by atoms with Crippen molar-refractivity contribution in [3.8, 4) is 17.2 Å². The molecule has 2 aromatic heterocycles. The second kappa shape index (κ2) is 14.7. The number of aryl methyl sites for hydroxylation is 1. The van der Waals surface area contributed by atoms with Gasteiger partial charge < -0.3 is 29.1 Å². The third kappa shape index (κ3) is 7.00. The molecule has 3 heterocycles. The molecule has 1 saturated carbocycles. The Morgan fingerprint density at radius 2 is 1.92 bits per heavy atom. The minimum atomic E-state index is -4.33. The number of methoxy groups -OCH3 is 2. The van der Waals surface area contributed by atoms with Gasteiger partial charge in [0.15, 0.2) is 11.8 Å². The van der Waals surface area contributed by atoms with Crippen molar-refractivity contribution in [1.82, 2.24) is 24.5 Å². The highest BCUT2D eigenvalue weighted by molar-refractivity contribution is 7.89. The maximum absolute atomic E-state index is 15.9. The molecule has 50 heavy (non-hydrogen) atoms. The minimum absolute atomic E-state index is 0.0782. The van der Waals surface area contributed by atoms with Crippen molar-refractivity contribution in [2.24, 2.45) is 0 Å². The first-order valence-corrected chi connectivity index (χ1v) is 17.9. The molecule has 0 spiro atoms. The van der Waals surface area contributed by atoms with Crippen LogP contribution in [0.5, 0.6) is 17.2 Å². The highest BCUT2D eigenvalue weighted by Crippen LogP contribution is 2.52. The lowest BCUT2D eigenvalue weighted by Crippen LogP contribution is -2.43. The lowest BCUT2D eigenvalue weighted by molar-refractivity contribution is -0.391. The highest BCUT2D eigenvalue weighted by Gasteiger charge is 2.50. The topological polar surface area (TPSA) is 170 Å². The number of sulfonamides is 1. The number of hydrogen-bond donors (Lipinski definition) is 1. The third-order valence-corrected chi connectivity index (χ3v) is 10.8. The summed E-state index contributed by atoms with van der Waals surface area (Å²) in [5.74, 6) is -0.936. The molecule has 4 aromatic rings. The lowest BCUT2D eigenvalue weighted by Gasteiger charge is -2.43. The summed E-state index contributed by atoms with van der Waals surface area (Å²) in [5.41, 5.74) is 0.384. The molecule has 2 aliphatic rings. The molecule has 1 N–H and O–H groups in total. The first-order valence-electron chi connectivity index (χ1n) is 16.4. The number of halogens is 1. The number of nitrogens with one attached hydrogen (secondary N) is 1. The van der Waals surface area contributed by atoms with Crippen LogP contribution in [0, 0.1) is 22.9 Å². The monoisotopic (exact) mass is 710 g/mol. The molecule has 0 amide bonds. The van der Waals surface area contributed by atoms with E-state index in [2.05, 4.69) is 19.8 Å². The molecule has 3 atom stereocenters. The summed E-state index contributed by atoms with van der Waals surface area (Å²) in [6.07, 6.45) is 8.97. The number of aromatic nitrogens is 4. The number of hydrogen-bond acceptors (Lipinski definition) is 11. The average molecular weight is 711 g/mol. The second-order valence-corrected chi connectivity index (χ2v) is 14.1. The van der Waals surface area contributed by atoms with E-state index in [1.807, 2.05) is 0 Å². The Balaban J connectivity index is 1.36. The fraction of sp³-hybridized carbons (Fsp3) is 0.441. The molecule has 2 aromatic carbocycles. The van der Waals surface area contributed by atoms with Gasteiger partial charge in [-0.3, -0.25) is 0 Å². The Labute approximate surface area is 289 Å². The zero-order valence-corrected chi connectivity index (χ0v) is 28.8. The molecule has 1 saturated heterocycles. The van der Waals surface area contributed by atoms with E-state index in [1.54, 1.807) is 43.6 Å². The largest absolute Gasteiger partial charge is 0.497 e. The van der Waals surface area contributed by atoms with Crippen LogP contribution in [0.25, 0.3) is 0 Å². The average Bonchev–Trinajstić information content (AvgIpc) is 3.59. The van der Waals surface area contributed by atoms with Crippen molar-refractivity contribution in [3.05, 3.63) is 93.4 Å². The highest BCUT2D eigenvalue weighted by atomic mass is 32.2. The van der Waals surface area contributed by atoms with Crippen LogP contribution in [-0.2, 0) is 26.9 Å². The van der Waals surface area contributed by atoms with Crippen LogP contribution in [-0.4, -0.2) is 53.9 Å². The Morgan fingerprint density at radius 3 is 2.62 bits per heavy atom. The summed E-state index contributed by atoms with van der Waals surface area (Å²) in [7, 11) is -1.37. The molecule has 0 bridgehead atoms. The third-order valence-electron chi connectivity index (χ3n) is 9.37. The number of ether oxygens (including phenoxy) is 4. The molecule has 14 nitrogen and oxygen atoms in total. The molecule has 0 radical (unpaired) electrons. The molecule has 1 aliphatic carbocycles. The molecule has 2 fully saturated rings. The summed E-state index contributed by atoms with van der Waals surface area (Å²) >= 11 is 0. The van der Waals surface area contributed by atoms with Gasteiger partial charge in [-0.1, -0.05) is 12.5 Å². The molecular formula is C34H39FN6O8S. The van der Waals surface area contributed by atoms with Gasteiger partial charge in [0.05, 0.1) is 36.8 Å². The molecule has 6 rings (SSSR count). The summed E-state index contributed by atoms with van der Waals surface area (Å²) < 4.78 is 69.9. The van der Waals surface area contributed by atoms with Gasteiger partial charge >= 0.3 is 5.82 Å². The van der Waals surface area contributed by atoms with Crippen molar-refractivity contribution in [2.45, 2.75) is 81.1 Å². The minimum Gasteiger partial charge on any atom is -0.497 e. The van der Waals surface area contributed by atoms with Gasteiger partial charge in [0.2, 0.25) is 10.0 Å². The second-order valence-electron chi connectivity index (χ2n) is 12.4. The normalized spacial score (nSPS) is 21.0. The van der Waals surface area contributed by atoms with Gasteiger partial charge in [-0.2, -0.15) is 4.68 Å². The summed E-state index contributed by atoms with van der Waals surface area (Å²) in [6, 6.07) is 8.88. The number of benzene rings is 2. The molecule has 16 heteroatoms. The molecular weight excluding hydrogens is 671 g/mol. The summed E-state index contributed by atoms with van der Waals surface area (Å²) in [6.45, 7) is 1.99. The van der Waals surface area contributed by atoms with Gasteiger partial charge in [0.25, 0.3) is 0 Å². The first-order chi connectivity index (χ1) is 24.1. The van der Waals surface area contributed by atoms with E-state index in [1.165, 1.54) is 31.3 Å². The van der Waals surface area contributed by atoms with E-state index in [0.29, 0.717) is 66.2 Å². The van der Waals surface area contributed by atoms with E-state index >= 15 is 4.39 Å². The van der Waals surface area contributed by atoms with Crippen molar-refractivity contribution in [3.63, 3.8) is 0 Å². The van der Waals surface area contributed by atoms with Gasteiger partial charge in [-0.15, -0.1) is 0 Å². The molecule has 266 valence electrons. The van der Waals surface area contributed by atoms with Crippen LogP contribution in [0.15, 0.2) is 60.0 Å². The van der Waals surface area contributed by atoms with Crippen molar-refractivity contribution in [2.75, 3.05) is 20.8 Å². The Bertz CT molecular complexity index is 1950. The Hall–Kier alpha value is -4.67. The molecule has 1 unspecified atom stereocenters. The summed E-state index contributed by atoms with van der Waals surface area (Å²) in [5, 5.41) is 16.8. The van der Waals surface area contributed by atoms with Crippen LogP contribution in [0.1, 0.15) is 79.5 Å². The first kappa shape index (κ1) is 35.2. The number of nitro groups is 1. The van der Waals surface area contributed by atoms with Crippen LogP contribution < -0.4 is 18.9 Å². The van der Waals surface area contributed by atoms with Crippen LogP contribution in [0.2, 0.25) is 0 Å². The molecule has 1 aliphatic heterocycles. The van der Waals surface area contributed by atoms with E-state index in [0.717, 1.165) is 25.3 Å².